The van der Waals surface area contributed by atoms with E-state index in [0.717, 1.165) is 11.1 Å². The molecule has 1 fully saturated rings. The van der Waals surface area contributed by atoms with Crippen LogP contribution in [0.3, 0.4) is 0 Å². The van der Waals surface area contributed by atoms with Crippen LogP contribution in [-0.4, -0.2) is 39.9 Å². The first kappa shape index (κ1) is 24.5. The van der Waals surface area contributed by atoms with Gasteiger partial charge in [-0.25, -0.2) is 0 Å². The van der Waals surface area contributed by atoms with Crippen LogP contribution >= 0.6 is 23.4 Å². The summed E-state index contributed by atoms with van der Waals surface area (Å²) in [5.74, 6) is 0.708. The van der Waals surface area contributed by atoms with Crippen molar-refractivity contribution in [1.82, 2.24) is 4.90 Å². The number of nitrogens with one attached hydrogen (secondary N) is 1. The molecule has 0 saturated carbocycles. The Bertz CT molecular complexity index is 1300. The van der Waals surface area contributed by atoms with Gasteiger partial charge in [-0.05, 0) is 43.3 Å². The summed E-state index contributed by atoms with van der Waals surface area (Å²) in [6.45, 7) is 5.95. The van der Waals surface area contributed by atoms with E-state index in [4.69, 9.17) is 16.0 Å². The average Bonchev–Trinajstić information content (AvgIpc) is 3.42. The van der Waals surface area contributed by atoms with Crippen molar-refractivity contribution < 1.29 is 14.0 Å². The lowest BCUT2D eigenvalue weighted by molar-refractivity contribution is -0.127. The molecule has 2 heterocycles. The highest BCUT2D eigenvalue weighted by atomic mass is 35.5. The maximum atomic E-state index is 12.9. The first-order valence-electron chi connectivity index (χ1n) is 10.8. The first-order valence-corrected chi connectivity index (χ1v) is 12.1. The van der Waals surface area contributed by atoms with Crippen molar-refractivity contribution in [2.75, 3.05) is 11.9 Å². The van der Waals surface area contributed by atoms with Crippen LogP contribution < -0.4 is 5.32 Å². The smallest absolute Gasteiger partial charge is 0.243 e. The minimum Gasteiger partial charge on any atom is -0.455 e. The highest BCUT2D eigenvalue weighted by molar-refractivity contribution is 8.15. The molecule has 7 nitrogen and oxygen atoms in total. The van der Waals surface area contributed by atoms with Crippen LogP contribution in [0.1, 0.15) is 17.7 Å². The minimum absolute atomic E-state index is 0.0228. The van der Waals surface area contributed by atoms with E-state index in [9.17, 15) is 9.59 Å². The molecule has 0 spiro atoms. The molecule has 1 unspecified atom stereocenters. The van der Waals surface area contributed by atoms with Crippen LogP contribution in [0.25, 0.3) is 11.3 Å². The number of carbonyl (C=O) groups is 2. The number of furan rings is 1. The molecule has 0 bridgehead atoms. The molecule has 1 saturated heterocycles. The fourth-order valence-electron chi connectivity index (χ4n) is 3.38. The van der Waals surface area contributed by atoms with Gasteiger partial charge in [0.2, 0.25) is 11.8 Å². The van der Waals surface area contributed by atoms with E-state index in [0.29, 0.717) is 27.4 Å². The number of halogens is 1. The molecule has 9 heteroatoms. The van der Waals surface area contributed by atoms with Gasteiger partial charge in [-0.1, -0.05) is 59.3 Å². The summed E-state index contributed by atoms with van der Waals surface area (Å²) in [6, 6.07) is 18.4. The molecule has 4 rings (SSSR count). The fraction of sp³-hybridized carbons (Fsp3) is 0.154. The third-order valence-corrected chi connectivity index (χ3v) is 6.50. The highest BCUT2D eigenvalue weighted by Crippen LogP contribution is 2.30. The van der Waals surface area contributed by atoms with E-state index < -0.39 is 5.25 Å². The monoisotopic (exact) mass is 506 g/mol. The number of rotatable bonds is 8. The van der Waals surface area contributed by atoms with Crippen molar-refractivity contribution in [2.45, 2.75) is 18.6 Å². The zero-order chi connectivity index (χ0) is 24.8. The molecule has 0 radical (unpaired) electrons. The molecule has 178 valence electrons. The third-order valence-electron chi connectivity index (χ3n) is 5.10. The summed E-state index contributed by atoms with van der Waals surface area (Å²) in [5, 5.41) is 11.6. The van der Waals surface area contributed by atoms with Crippen molar-refractivity contribution in [1.29, 1.82) is 0 Å². The second-order valence-electron chi connectivity index (χ2n) is 7.80. The van der Waals surface area contributed by atoms with E-state index in [-0.39, 0.29) is 24.8 Å². The van der Waals surface area contributed by atoms with Gasteiger partial charge in [-0.3, -0.25) is 14.5 Å². The molecule has 1 N–H and O–H groups in total. The predicted octanol–water partition coefficient (Wildman–Crippen LogP) is 5.76. The maximum Gasteiger partial charge on any atom is 0.243 e. The second-order valence-corrected chi connectivity index (χ2v) is 9.41. The van der Waals surface area contributed by atoms with Crippen molar-refractivity contribution in [2.24, 2.45) is 10.2 Å². The lowest BCUT2D eigenvalue weighted by Crippen LogP contribution is -2.33. The first-order chi connectivity index (χ1) is 16.9. The van der Waals surface area contributed by atoms with Gasteiger partial charge < -0.3 is 9.73 Å². The standard InChI is InChI=1S/C26H23ClN4O3S/c1-3-13-31-25(33)23(15-24(32)29-20-9-7-17(2)8-10-20)35-26(31)30-28-16-21-11-12-22(34-21)18-5-4-6-19(27)14-18/h3-12,14,16,23H,1,13,15H2,2H3,(H,29,32)/b28-16+,30-26-. The van der Waals surface area contributed by atoms with Gasteiger partial charge >= 0.3 is 0 Å². The number of carbonyl (C=O) groups excluding carboxylic acids is 2. The molecule has 3 aromatic rings. The Morgan fingerprint density at radius 1 is 1.23 bits per heavy atom. The Morgan fingerprint density at radius 3 is 2.77 bits per heavy atom. The Kier molecular flexibility index (Phi) is 7.84. The van der Waals surface area contributed by atoms with Crippen LogP contribution in [0.4, 0.5) is 5.69 Å². The normalized spacial score (nSPS) is 16.9. The summed E-state index contributed by atoms with van der Waals surface area (Å²) in [5.41, 5.74) is 2.64. The molecule has 1 aliphatic heterocycles. The largest absolute Gasteiger partial charge is 0.455 e. The number of anilines is 1. The average molecular weight is 507 g/mol. The van der Waals surface area contributed by atoms with Crippen LogP contribution in [0.15, 0.2) is 87.9 Å². The van der Waals surface area contributed by atoms with E-state index in [1.807, 2.05) is 55.5 Å². The topological polar surface area (TPSA) is 87.3 Å². The van der Waals surface area contributed by atoms with Crippen molar-refractivity contribution in [3.8, 4) is 11.3 Å². The molecule has 35 heavy (non-hydrogen) atoms. The summed E-state index contributed by atoms with van der Waals surface area (Å²) < 4.78 is 5.79. The van der Waals surface area contributed by atoms with Gasteiger partial charge in [0.15, 0.2) is 5.17 Å². The Labute approximate surface area is 212 Å². The van der Waals surface area contributed by atoms with Crippen LogP contribution in [-0.2, 0) is 9.59 Å². The van der Waals surface area contributed by atoms with Crippen LogP contribution in [0.2, 0.25) is 5.02 Å². The summed E-state index contributed by atoms with van der Waals surface area (Å²) >= 11 is 7.25. The minimum atomic E-state index is -0.590. The van der Waals surface area contributed by atoms with Gasteiger partial charge in [0.05, 0.1) is 6.21 Å². The van der Waals surface area contributed by atoms with Gasteiger partial charge in [0.1, 0.15) is 16.8 Å². The third kappa shape index (κ3) is 6.29. The molecule has 0 aliphatic carbocycles. The fourth-order valence-corrected chi connectivity index (χ4v) is 4.68. The van der Waals surface area contributed by atoms with Crippen LogP contribution in [0.5, 0.6) is 0 Å². The summed E-state index contributed by atoms with van der Waals surface area (Å²) in [7, 11) is 0. The number of amidine groups is 1. The van der Waals surface area contributed by atoms with E-state index >= 15 is 0 Å². The number of aryl methyl sites for hydroxylation is 1. The van der Waals surface area contributed by atoms with Crippen molar-refractivity contribution >= 4 is 52.2 Å². The Morgan fingerprint density at radius 2 is 2.03 bits per heavy atom. The summed E-state index contributed by atoms with van der Waals surface area (Å²) in [4.78, 5) is 26.8. The molecule has 1 aliphatic rings. The molecular formula is C26H23ClN4O3S. The number of hydrogen-bond acceptors (Lipinski definition) is 6. The Hall–Kier alpha value is -3.62. The predicted molar refractivity (Wildman–Crippen MR) is 142 cm³/mol. The molecule has 2 aromatic carbocycles. The molecule has 1 atom stereocenters. The van der Waals surface area contributed by atoms with Gasteiger partial charge in [-0.15, -0.1) is 11.7 Å². The zero-order valence-electron chi connectivity index (χ0n) is 19.0. The maximum absolute atomic E-state index is 12.9. The summed E-state index contributed by atoms with van der Waals surface area (Å²) in [6.07, 6.45) is 3.10. The second kappa shape index (κ2) is 11.2. The number of hydrogen-bond donors (Lipinski definition) is 1. The number of amides is 2. The van der Waals surface area contributed by atoms with Gasteiger partial charge in [0, 0.05) is 29.2 Å². The van der Waals surface area contributed by atoms with E-state index in [1.165, 1.54) is 22.9 Å². The van der Waals surface area contributed by atoms with Crippen LogP contribution in [0, 0.1) is 6.92 Å². The quantitative estimate of drug-likeness (QED) is 0.239. The lowest BCUT2D eigenvalue weighted by atomic mass is 10.2. The molecule has 1 aromatic heterocycles. The Balaban J connectivity index is 1.42. The number of thioether (sulfide) groups is 1. The molecule has 2 amide bonds. The van der Waals surface area contributed by atoms with E-state index in [2.05, 4.69) is 22.1 Å². The highest BCUT2D eigenvalue weighted by Gasteiger charge is 2.38. The van der Waals surface area contributed by atoms with Gasteiger partial charge in [0.25, 0.3) is 0 Å². The van der Waals surface area contributed by atoms with E-state index in [1.54, 1.807) is 18.2 Å². The lowest BCUT2D eigenvalue weighted by Gasteiger charge is -2.12. The number of nitrogens with zero attached hydrogens (tertiary/aromatic N) is 3. The van der Waals surface area contributed by atoms with Crippen molar-refractivity contribution in [3.05, 3.63) is 89.7 Å². The number of benzene rings is 2. The molecular weight excluding hydrogens is 484 g/mol. The zero-order valence-corrected chi connectivity index (χ0v) is 20.6. The SMILES string of the molecule is C=CCN1C(=O)C(CC(=O)Nc2ccc(C)cc2)S/C1=N\N=C\c1ccc(-c2cccc(Cl)c2)o1. The van der Waals surface area contributed by atoms with Gasteiger partial charge in [-0.2, -0.15) is 5.10 Å². The van der Waals surface area contributed by atoms with Crippen molar-refractivity contribution in [3.63, 3.8) is 0 Å².